The largest absolute Gasteiger partial charge is 0.493 e. The minimum atomic E-state index is -0.928. The van der Waals surface area contributed by atoms with Crippen molar-refractivity contribution in [3.05, 3.63) is 30.4 Å². The number of rotatable bonds is 9. The minimum absolute atomic E-state index is 0.106. The summed E-state index contributed by atoms with van der Waals surface area (Å²) < 4.78 is 16.9. The molecule has 1 amide bonds. The van der Waals surface area contributed by atoms with E-state index in [-0.39, 0.29) is 18.4 Å². The van der Waals surface area contributed by atoms with Gasteiger partial charge in [-0.2, -0.15) is 0 Å². The number of carbonyl (C=O) groups is 2. The molecule has 0 radical (unpaired) electrons. The van der Waals surface area contributed by atoms with Gasteiger partial charge >= 0.3 is 5.97 Å². The Labute approximate surface area is 190 Å². The van der Waals surface area contributed by atoms with Gasteiger partial charge in [0.2, 0.25) is 11.7 Å². The molecule has 3 rings (SSSR count). The number of carbonyl (C=O) groups excluding carboxylic acids is 1. The van der Waals surface area contributed by atoms with Crippen LogP contribution in [0, 0.1) is 5.92 Å². The smallest absolute Gasteiger partial charge is 0.326 e. The van der Waals surface area contributed by atoms with E-state index in [4.69, 9.17) is 14.2 Å². The van der Waals surface area contributed by atoms with Crippen LogP contribution in [0.4, 0.5) is 0 Å². The molecule has 1 aromatic rings. The summed E-state index contributed by atoms with van der Waals surface area (Å²) in [7, 11) is 3.11. The highest BCUT2D eigenvalue weighted by Gasteiger charge is 2.40. The zero-order chi connectivity index (χ0) is 23.1. The fourth-order valence-electron chi connectivity index (χ4n) is 5.10. The van der Waals surface area contributed by atoms with Crippen molar-refractivity contribution in [1.29, 1.82) is 0 Å². The number of likely N-dealkylation sites (tertiary alicyclic amines) is 1. The maximum atomic E-state index is 13.9. The fourth-order valence-corrected chi connectivity index (χ4v) is 5.10. The lowest BCUT2D eigenvalue weighted by molar-refractivity contribution is -0.153. The number of amides is 1. The number of hydrogen-bond donors (Lipinski definition) is 1. The topological polar surface area (TPSA) is 85.3 Å². The molecule has 176 valence electrons. The number of methoxy groups -OCH3 is 2. The lowest BCUT2D eigenvalue weighted by atomic mass is 9.75. The van der Waals surface area contributed by atoms with Gasteiger partial charge < -0.3 is 24.2 Å². The van der Waals surface area contributed by atoms with Crippen LogP contribution < -0.4 is 14.2 Å². The van der Waals surface area contributed by atoms with Gasteiger partial charge in [-0.3, -0.25) is 4.79 Å². The second kappa shape index (κ2) is 11.2. The first kappa shape index (κ1) is 24.0. The summed E-state index contributed by atoms with van der Waals surface area (Å²) in [6.07, 6.45) is 8.99. The standard InChI is InChI=1S/C25H35NO6/c1-4-14-32-21-16-18(15-20(30-2)23(21)31-3)22(17-10-6-5-7-11-17)24(27)26-13-9-8-12-19(26)25(28)29/h4,15-17,19,22H,1,5-14H2,2-3H3,(H,28,29)/t19-,22?/m0/s1. The Bertz CT molecular complexity index is 817. The molecular formula is C25H35NO6. The number of hydrogen-bond acceptors (Lipinski definition) is 5. The number of carboxylic acids is 1. The summed E-state index contributed by atoms with van der Waals surface area (Å²) in [5.74, 6) is 0.122. The van der Waals surface area contributed by atoms with Crippen molar-refractivity contribution in [3.63, 3.8) is 0 Å². The van der Waals surface area contributed by atoms with E-state index in [9.17, 15) is 14.7 Å². The molecule has 1 aliphatic carbocycles. The third-order valence-corrected chi connectivity index (χ3v) is 6.64. The Morgan fingerprint density at radius 3 is 2.41 bits per heavy atom. The van der Waals surface area contributed by atoms with Crippen LogP contribution in [0.15, 0.2) is 24.8 Å². The summed E-state index contributed by atoms with van der Waals surface area (Å²) in [5, 5.41) is 9.75. The van der Waals surface area contributed by atoms with E-state index in [1.807, 2.05) is 12.1 Å². The van der Waals surface area contributed by atoms with Gasteiger partial charge in [-0.25, -0.2) is 4.79 Å². The average molecular weight is 446 g/mol. The van der Waals surface area contributed by atoms with Crippen LogP contribution in [0.3, 0.4) is 0 Å². The van der Waals surface area contributed by atoms with Crippen molar-refractivity contribution in [2.45, 2.75) is 63.3 Å². The Balaban J connectivity index is 2.06. The quantitative estimate of drug-likeness (QED) is 0.567. The molecule has 2 aliphatic rings. The van der Waals surface area contributed by atoms with Crippen molar-refractivity contribution in [3.8, 4) is 17.2 Å². The number of aliphatic carboxylic acids is 1. The number of piperidine rings is 1. The van der Waals surface area contributed by atoms with Crippen molar-refractivity contribution >= 4 is 11.9 Å². The Morgan fingerprint density at radius 1 is 1.09 bits per heavy atom. The molecule has 1 N–H and O–H groups in total. The van der Waals surface area contributed by atoms with Crippen LogP contribution in [0.5, 0.6) is 17.2 Å². The van der Waals surface area contributed by atoms with Crippen LogP contribution in [0.1, 0.15) is 62.8 Å². The SMILES string of the molecule is C=CCOc1cc(C(C(=O)N2CCCC[C@H]2C(=O)O)C2CCCCC2)cc(OC)c1OC. The van der Waals surface area contributed by atoms with Crippen LogP contribution in [-0.2, 0) is 9.59 Å². The monoisotopic (exact) mass is 445 g/mol. The summed E-state index contributed by atoms with van der Waals surface area (Å²) in [6.45, 7) is 4.47. The molecule has 1 aromatic carbocycles. The highest BCUT2D eigenvalue weighted by molar-refractivity contribution is 5.89. The summed E-state index contributed by atoms with van der Waals surface area (Å²) in [6, 6.07) is 2.93. The zero-order valence-electron chi connectivity index (χ0n) is 19.2. The number of carboxylic acid groups (broad SMARTS) is 1. The van der Waals surface area contributed by atoms with Gasteiger partial charge in [0, 0.05) is 6.54 Å². The summed E-state index contributed by atoms with van der Waals surface area (Å²) in [5.41, 5.74) is 0.785. The van der Waals surface area contributed by atoms with Gasteiger partial charge in [-0.1, -0.05) is 31.9 Å². The first-order valence-electron chi connectivity index (χ1n) is 11.5. The molecule has 32 heavy (non-hydrogen) atoms. The van der Waals surface area contributed by atoms with E-state index in [1.54, 1.807) is 25.2 Å². The molecule has 0 aromatic heterocycles. The molecule has 7 nitrogen and oxygen atoms in total. The number of ether oxygens (including phenoxy) is 3. The molecule has 1 saturated heterocycles. The van der Waals surface area contributed by atoms with E-state index in [0.29, 0.717) is 30.2 Å². The minimum Gasteiger partial charge on any atom is -0.493 e. The lowest BCUT2D eigenvalue weighted by Gasteiger charge is -2.39. The van der Waals surface area contributed by atoms with Crippen LogP contribution in [0.2, 0.25) is 0 Å². The van der Waals surface area contributed by atoms with Gasteiger partial charge in [0.15, 0.2) is 11.5 Å². The Hall–Kier alpha value is -2.70. The Kier molecular flexibility index (Phi) is 8.42. The molecule has 7 heteroatoms. The van der Waals surface area contributed by atoms with Gasteiger partial charge in [0.1, 0.15) is 12.6 Å². The van der Waals surface area contributed by atoms with E-state index in [1.165, 1.54) is 6.42 Å². The molecule has 1 saturated carbocycles. The molecular weight excluding hydrogens is 410 g/mol. The predicted molar refractivity (Wildman–Crippen MR) is 122 cm³/mol. The zero-order valence-corrected chi connectivity index (χ0v) is 19.2. The van der Waals surface area contributed by atoms with Crippen LogP contribution in [-0.4, -0.2) is 55.3 Å². The second-order valence-electron chi connectivity index (χ2n) is 8.61. The molecule has 0 spiro atoms. The molecule has 2 fully saturated rings. The van der Waals surface area contributed by atoms with Crippen molar-refractivity contribution in [2.24, 2.45) is 5.92 Å². The van der Waals surface area contributed by atoms with Gasteiger partial charge in [0.05, 0.1) is 20.1 Å². The molecule has 2 atom stereocenters. The number of benzene rings is 1. The average Bonchev–Trinajstić information content (AvgIpc) is 2.83. The second-order valence-corrected chi connectivity index (χ2v) is 8.61. The molecule has 1 aliphatic heterocycles. The normalized spacial score (nSPS) is 20.3. The van der Waals surface area contributed by atoms with E-state index < -0.39 is 17.9 Å². The van der Waals surface area contributed by atoms with E-state index in [2.05, 4.69) is 6.58 Å². The van der Waals surface area contributed by atoms with Crippen LogP contribution in [0.25, 0.3) is 0 Å². The highest BCUT2D eigenvalue weighted by atomic mass is 16.5. The number of nitrogens with zero attached hydrogens (tertiary/aromatic N) is 1. The first-order chi connectivity index (χ1) is 15.5. The highest BCUT2D eigenvalue weighted by Crippen LogP contribution is 2.45. The maximum Gasteiger partial charge on any atom is 0.326 e. The fraction of sp³-hybridized carbons (Fsp3) is 0.600. The van der Waals surface area contributed by atoms with Gasteiger partial charge in [-0.15, -0.1) is 0 Å². The van der Waals surface area contributed by atoms with Crippen LogP contribution >= 0.6 is 0 Å². The third-order valence-electron chi connectivity index (χ3n) is 6.64. The van der Waals surface area contributed by atoms with Crippen molar-refractivity contribution in [2.75, 3.05) is 27.4 Å². The maximum absolute atomic E-state index is 13.9. The molecule has 0 bridgehead atoms. The Morgan fingerprint density at radius 2 is 1.78 bits per heavy atom. The van der Waals surface area contributed by atoms with E-state index in [0.717, 1.165) is 44.1 Å². The van der Waals surface area contributed by atoms with Gasteiger partial charge in [0.25, 0.3) is 0 Å². The van der Waals surface area contributed by atoms with Gasteiger partial charge in [-0.05, 0) is 55.7 Å². The first-order valence-corrected chi connectivity index (χ1v) is 11.5. The summed E-state index contributed by atoms with van der Waals surface area (Å²) in [4.78, 5) is 27.4. The van der Waals surface area contributed by atoms with Crippen molar-refractivity contribution in [1.82, 2.24) is 4.90 Å². The predicted octanol–water partition coefficient (Wildman–Crippen LogP) is 4.40. The molecule has 1 heterocycles. The van der Waals surface area contributed by atoms with E-state index >= 15 is 0 Å². The molecule has 1 unspecified atom stereocenters. The van der Waals surface area contributed by atoms with Crippen molar-refractivity contribution < 1.29 is 28.9 Å². The third kappa shape index (κ3) is 5.19. The lowest BCUT2D eigenvalue weighted by Crippen LogP contribution is -2.50. The summed E-state index contributed by atoms with van der Waals surface area (Å²) >= 11 is 0.